The Morgan fingerprint density at radius 3 is 2.59 bits per heavy atom. The van der Waals surface area contributed by atoms with Crippen LogP contribution in [0.15, 0.2) is 4.90 Å². The van der Waals surface area contributed by atoms with Crippen LogP contribution < -0.4 is 0 Å². The third-order valence-corrected chi connectivity index (χ3v) is 3.60. The zero-order chi connectivity index (χ0) is 13.2. The average molecular weight is 303 g/mol. The summed E-state index contributed by atoms with van der Waals surface area (Å²) in [6, 6.07) is 0. The predicted molar refractivity (Wildman–Crippen MR) is 58.6 cm³/mol. The molecule has 0 unspecified atom stereocenters. The Hall–Kier alpha value is -0.830. The van der Waals surface area contributed by atoms with E-state index in [9.17, 15) is 13.2 Å². The van der Waals surface area contributed by atoms with Crippen molar-refractivity contribution in [3.05, 3.63) is 10.8 Å². The van der Waals surface area contributed by atoms with Crippen molar-refractivity contribution in [2.75, 3.05) is 7.11 Å². The molecule has 0 radical (unpaired) electrons. The van der Waals surface area contributed by atoms with Gasteiger partial charge in [0.1, 0.15) is 22.3 Å². The van der Waals surface area contributed by atoms with Crippen molar-refractivity contribution in [2.24, 2.45) is 0 Å². The van der Waals surface area contributed by atoms with Gasteiger partial charge >= 0.3 is 5.97 Å². The Morgan fingerprint density at radius 1 is 1.59 bits per heavy atom. The van der Waals surface area contributed by atoms with Crippen LogP contribution in [-0.2, 0) is 31.7 Å². The van der Waals surface area contributed by atoms with Gasteiger partial charge in [0.25, 0.3) is 9.05 Å². The van der Waals surface area contributed by atoms with E-state index in [2.05, 4.69) is 5.10 Å². The van der Waals surface area contributed by atoms with E-state index >= 15 is 0 Å². The minimum absolute atomic E-state index is 0.0336. The molecular formula is C7H8Cl2N2O5S. The molecule has 10 heteroatoms. The van der Waals surface area contributed by atoms with Crippen LogP contribution in [0.4, 0.5) is 0 Å². The van der Waals surface area contributed by atoms with E-state index in [-0.39, 0.29) is 17.5 Å². The molecule has 1 heterocycles. The van der Waals surface area contributed by atoms with Crippen molar-refractivity contribution in [2.45, 2.75) is 18.0 Å². The fraction of sp³-hybridized carbons (Fsp3) is 0.429. The van der Waals surface area contributed by atoms with Crippen molar-refractivity contribution in [1.29, 1.82) is 0 Å². The van der Waals surface area contributed by atoms with Crippen LogP contribution in [0.25, 0.3) is 0 Å². The fourth-order valence-electron chi connectivity index (χ4n) is 1.18. The third-order valence-electron chi connectivity index (χ3n) is 1.73. The maximum absolute atomic E-state index is 11.3. The molecular weight excluding hydrogens is 295 g/mol. The van der Waals surface area contributed by atoms with Gasteiger partial charge < -0.3 is 9.84 Å². The highest BCUT2D eigenvalue weighted by Gasteiger charge is 2.26. The zero-order valence-corrected chi connectivity index (χ0v) is 10.9. The molecule has 0 saturated heterocycles. The molecule has 0 aliphatic heterocycles. The lowest BCUT2D eigenvalue weighted by molar-refractivity contribution is -0.137. The first kappa shape index (κ1) is 14.2. The first-order valence-electron chi connectivity index (χ1n) is 4.18. The zero-order valence-electron chi connectivity index (χ0n) is 8.55. The Kier molecular flexibility index (Phi) is 4.36. The molecule has 1 aromatic heterocycles. The molecule has 0 spiro atoms. The number of ether oxygens (including phenoxy) is 1. The number of aliphatic carboxylic acids is 1. The summed E-state index contributed by atoms with van der Waals surface area (Å²) in [5, 5.41) is 12.0. The smallest absolute Gasteiger partial charge is 0.325 e. The molecule has 0 aromatic carbocycles. The van der Waals surface area contributed by atoms with E-state index in [1.165, 1.54) is 7.11 Å². The van der Waals surface area contributed by atoms with E-state index in [0.29, 0.717) is 0 Å². The molecule has 1 N–H and O–H groups in total. The molecule has 0 saturated carbocycles. The summed E-state index contributed by atoms with van der Waals surface area (Å²) < 4.78 is 28.1. The lowest BCUT2D eigenvalue weighted by Crippen LogP contribution is -2.10. The number of carboxylic acids is 1. The highest BCUT2D eigenvalue weighted by atomic mass is 35.7. The molecule has 0 fully saturated rings. The first-order valence-corrected chi connectivity index (χ1v) is 6.86. The van der Waals surface area contributed by atoms with E-state index in [4.69, 9.17) is 32.1 Å². The standard InChI is InChI=1S/C7H8Cl2N2O5S/c1-16-3-4-6(17(9,14)15)7(8)11(10-4)2-5(12)13/h2-3H2,1H3,(H,12,13). The van der Waals surface area contributed by atoms with Crippen LogP contribution in [0.1, 0.15) is 5.69 Å². The van der Waals surface area contributed by atoms with Crippen LogP contribution >= 0.6 is 22.3 Å². The number of carbonyl (C=O) groups is 1. The number of nitrogens with zero attached hydrogens (tertiary/aromatic N) is 2. The average Bonchev–Trinajstić information content (AvgIpc) is 2.41. The van der Waals surface area contributed by atoms with Gasteiger partial charge in [-0.1, -0.05) is 11.6 Å². The topological polar surface area (TPSA) is 98.5 Å². The number of rotatable bonds is 5. The number of aromatic nitrogens is 2. The van der Waals surface area contributed by atoms with E-state index in [1.54, 1.807) is 0 Å². The van der Waals surface area contributed by atoms with Crippen molar-refractivity contribution in [3.63, 3.8) is 0 Å². The fourth-order valence-corrected chi connectivity index (χ4v) is 2.98. The Morgan fingerprint density at radius 2 is 2.18 bits per heavy atom. The van der Waals surface area contributed by atoms with Gasteiger partial charge in [-0.3, -0.25) is 4.79 Å². The lowest BCUT2D eigenvalue weighted by atomic mass is 10.5. The van der Waals surface area contributed by atoms with E-state index < -0.39 is 26.5 Å². The quantitative estimate of drug-likeness (QED) is 0.804. The summed E-state index contributed by atoms with van der Waals surface area (Å²) in [7, 11) is 2.40. The second-order valence-corrected chi connectivity index (χ2v) is 5.85. The summed E-state index contributed by atoms with van der Waals surface area (Å²) in [5.41, 5.74) is -0.0336. The minimum Gasteiger partial charge on any atom is -0.480 e. The predicted octanol–water partition coefficient (Wildman–Crippen LogP) is 0.695. The van der Waals surface area contributed by atoms with Crippen LogP contribution in [0.3, 0.4) is 0 Å². The SMILES string of the molecule is COCc1nn(CC(=O)O)c(Cl)c1S(=O)(=O)Cl. The molecule has 96 valence electrons. The Balaban J connectivity index is 3.35. The second kappa shape index (κ2) is 5.21. The van der Waals surface area contributed by atoms with Crippen molar-refractivity contribution in [1.82, 2.24) is 9.78 Å². The molecule has 1 rings (SSSR count). The second-order valence-electron chi connectivity index (χ2n) is 2.99. The van der Waals surface area contributed by atoms with Gasteiger partial charge in [-0.25, -0.2) is 13.1 Å². The van der Waals surface area contributed by atoms with Crippen molar-refractivity contribution in [3.8, 4) is 0 Å². The lowest BCUT2D eigenvalue weighted by Gasteiger charge is -1.97. The molecule has 7 nitrogen and oxygen atoms in total. The first-order chi connectivity index (χ1) is 7.77. The molecule has 0 aliphatic carbocycles. The van der Waals surface area contributed by atoms with Gasteiger partial charge in [-0.2, -0.15) is 5.10 Å². The number of halogens is 2. The maximum atomic E-state index is 11.3. The molecule has 1 aromatic rings. The molecule has 0 aliphatic rings. The van der Waals surface area contributed by atoms with Gasteiger partial charge in [0.15, 0.2) is 0 Å². The third kappa shape index (κ3) is 3.32. The van der Waals surface area contributed by atoms with E-state index in [1.807, 2.05) is 0 Å². The number of hydrogen-bond donors (Lipinski definition) is 1. The van der Waals surface area contributed by atoms with Crippen LogP contribution in [0, 0.1) is 0 Å². The van der Waals surface area contributed by atoms with Crippen molar-refractivity contribution < 1.29 is 23.1 Å². The number of carboxylic acid groups (broad SMARTS) is 1. The normalized spacial score (nSPS) is 11.7. The molecule has 0 bridgehead atoms. The van der Waals surface area contributed by atoms with Gasteiger partial charge in [0.2, 0.25) is 0 Å². The maximum Gasteiger partial charge on any atom is 0.325 e. The summed E-state index contributed by atoms with van der Waals surface area (Å²) in [6.07, 6.45) is 0. The summed E-state index contributed by atoms with van der Waals surface area (Å²) >= 11 is 5.71. The molecule has 0 atom stereocenters. The summed E-state index contributed by atoms with van der Waals surface area (Å²) in [5.74, 6) is -1.21. The Labute approximate surface area is 106 Å². The van der Waals surface area contributed by atoms with Crippen LogP contribution in [-0.4, -0.2) is 36.4 Å². The van der Waals surface area contributed by atoms with Gasteiger partial charge in [0.05, 0.1) is 6.61 Å². The molecule has 17 heavy (non-hydrogen) atoms. The molecule has 0 amide bonds. The van der Waals surface area contributed by atoms with E-state index in [0.717, 1.165) is 4.68 Å². The minimum atomic E-state index is -4.12. The van der Waals surface area contributed by atoms with Crippen LogP contribution in [0.5, 0.6) is 0 Å². The summed E-state index contributed by atoms with van der Waals surface area (Å²) in [6.45, 7) is -0.713. The number of hydrogen-bond acceptors (Lipinski definition) is 5. The van der Waals surface area contributed by atoms with Gasteiger partial charge in [-0.05, 0) is 0 Å². The Bertz CT molecular complexity index is 539. The van der Waals surface area contributed by atoms with Gasteiger partial charge in [0, 0.05) is 17.8 Å². The van der Waals surface area contributed by atoms with Crippen LogP contribution in [0.2, 0.25) is 5.15 Å². The highest BCUT2D eigenvalue weighted by Crippen LogP contribution is 2.28. The summed E-state index contributed by atoms with van der Waals surface area (Å²) in [4.78, 5) is 10.1. The van der Waals surface area contributed by atoms with Gasteiger partial charge in [-0.15, -0.1) is 0 Å². The number of methoxy groups -OCH3 is 1. The van der Waals surface area contributed by atoms with Crippen molar-refractivity contribution >= 4 is 37.3 Å². The highest BCUT2D eigenvalue weighted by molar-refractivity contribution is 8.13. The monoisotopic (exact) mass is 302 g/mol. The largest absolute Gasteiger partial charge is 0.480 e.